The summed E-state index contributed by atoms with van der Waals surface area (Å²) in [4.78, 5) is 39.4. The smallest absolute Gasteiger partial charge is 0.257 e. The van der Waals surface area contributed by atoms with Gasteiger partial charge in [-0.1, -0.05) is 0 Å². The minimum atomic E-state index is -0.701. The van der Waals surface area contributed by atoms with Crippen LogP contribution in [0.5, 0.6) is 0 Å². The van der Waals surface area contributed by atoms with Gasteiger partial charge in [0.1, 0.15) is 0 Å². The highest BCUT2D eigenvalue weighted by Crippen LogP contribution is 2.45. The van der Waals surface area contributed by atoms with Crippen LogP contribution in [0.15, 0.2) is 29.2 Å². The van der Waals surface area contributed by atoms with Gasteiger partial charge in [-0.3, -0.25) is 14.4 Å². The molecule has 0 radical (unpaired) electrons. The lowest BCUT2D eigenvalue weighted by atomic mass is 9.85. The Balaban J connectivity index is 2.05. The largest absolute Gasteiger partial charge is 0.383 e. The Morgan fingerprint density at radius 1 is 1.16 bits per heavy atom. The van der Waals surface area contributed by atoms with E-state index in [1.54, 1.807) is 39.1 Å². The van der Waals surface area contributed by atoms with Crippen molar-refractivity contribution >= 4 is 28.9 Å². The summed E-state index contributed by atoms with van der Waals surface area (Å²) in [5, 5.41) is 6.32. The Bertz CT molecular complexity index is 1080. The van der Waals surface area contributed by atoms with E-state index in [4.69, 9.17) is 4.74 Å². The van der Waals surface area contributed by atoms with Crippen molar-refractivity contribution in [3.63, 3.8) is 0 Å². The first kappa shape index (κ1) is 22.6. The second-order valence-corrected chi connectivity index (χ2v) is 8.69. The molecule has 1 aromatic heterocycles. The van der Waals surface area contributed by atoms with Crippen LogP contribution in [-0.2, 0) is 22.0 Å². The first-order chi connectivity index (χ1) is 14.5. The topological polar surface area (TPSA) is 92.7 Å². The Kier molecular flexibility index (Phi) is 5.96. The Labute approximate surface area is 182 Å². The molecule has 0 aliphatic carbocycles. The molecule has 3 rings (SSSR count). The monoisotopic (exact) mass is 426 g/mol. The number of aromatic nitrogens is 1. The highest BCUT2D eigenvalue weighted by Gasteiger charge is 2.43. The maximum atomic E-state index is 13.0. The number of likely N-dealkylation sites (N-methyl/N-ethyl adjacent to an activating group) is 1. The number of nitrogens with one attached hydrogen (secondary N) is 2. The minimum Gasteiger partial charge on any atom is -0.383 e. The van der Waals surface area contributed by atoms with Gasteiger partial charge in [0, 0.05) is 44.7 Å². The van der Waals surface area contributed by atoms with Crippen molar-refractivity contribution in [1.82, 2.24) is 4.57 Å². The van der Waals surface area contributed by atoms with E-state index in [2.05, 4.69) is 10.6 Å². The van der Waals surface area contributed by atoms with Gasteiger partial charge in [0.25, 0.3) is 11.5 Å². The van der Waals surface area contributed by atoms with Gasteiger partial charge in [0.15, 0.2) is 0 Å². The number of nitrogens with zero attached hydrogens (tertiary/aromatic N) is 2. The third kappa shape index (κ3) is 4.07. The number of anilines is 3. The van der Waals surface area contributed by atoms with Crippen LogP contribution < -0.4 is 21.1 Å². The fourth-order valence-corrected chi connectivity index (χ4v) is 3.99. The summed E-state index contributed by atoms with van der Waals surface area (Å²) in [7, 11) is 5.00. The van der Waals surface area contributed by atoms with Crippen molar-refractivity contribution in [2.24, 2.45) is 7.05 Å². The van der Waals surface area contributed by atoms with Gasteiger partial charge < -0.3 is 24.8 Å². The first-order valence-corrected chi connectivity index (χ1v) is 10.2. The van der Waals surface area contributed by atoms with E-state index in [9.17, 15) is 14.4 Å². The molecule has 1 aliphatic heterocycles. The third-order valence-electron chi connectivity index (χ3n) is 5.70. The molecule has 1 atom stereocenters. The second-order valence-electron chi connectivity index (χ2n) is 8.69. The van der Waals surface area contributed by atoms with Crippen molar-refractivity contribution in [3.8, 4) is 0 Å². The number of pyridine rings is 1. The molecule has 2 N–H and O–H groups in total. The van der Waals surface area contributed by atoms with Crippen molar-refractivity contribution in [3.05, 3.63) is 51.4 Å². The highest BCUT2D eigenvalue weighted by molar-refractivity contribution is 6.10. The van der Waals surface area contributed by atoms with Gasteiger partial charge >= 0.3 is 0 Å². The Hall–Kier alpha value is -3.13. The molecule has 2 aromatic rings. The van der Waals surface area contributed by atoms with Gasteiger partial charge in [0.2, 0.25) is 5.91 Å². The molecule has 8 heteroatoms. The molecule has 2 amide bonds. The van der Waals surface area contributed by atoms with Crippen LogP contribution in [0.4, 0.5) is 17.1 Å². The average molecular weight is 427 g/mol. The molecule has 0 saturated carbocycles. The van der Waals surface area contributed by atoms with Crippen LogP contribution in [-0.4, -0.2) is 43.2 Å². The quantitative estimate of drug-likeness (QED) is 0.741. The molecule has 1 unspecified atom stereocenters. The van der Waals surface area contributed by atoms with Crippen molar-refractivity contribution in [2.45, 2.75) is 39.2 Å². The number of aryl methyl sites for hydroxylation is 2. The van der Waals surface area contributed by atoms with Gasteiger partial charge in [0.05, 0.1) is 29.0 Å². The number of carbonyl (C=O) groups is 2. The fraction of sp³-hybridized carbons (Fsp3) is 0.435. The van der Waals surface area contributed by atoms with Crippen molar-refractivity contribution in [1.29, 1.82) is 0 Å². The SMILES string of the molecule is COCC(C)Nc1cc2c(cc1NC(=O)c1cc(C)c(=O)n(C)c1)C(C)(C)C(=O)N2C. The predicted molar refractivity (Wildman–Crippen MR) is 122 cm³/mol. The average Bonchev–Trinajstić information content (AvgIpc) is 2.86. The lowest BCUT2D eigenvalue weighted by Gasteiger charge is -2.21. The molecule has 0 spiro atoms. The first-order valence-electron chi connectivity index (χ1n) is 10.2. The third-order valence-corrected chi connectivity index (χ3v) is 5.70. The second kappa shape index (κ2) is 8.19. The van der Waals surface area contributed by atoms with E-state index in [1.165, 1.54) is 10.8 Å². The molecule has 8 nitrogen and oxygen atoms in total. The fourth-order valence-electron chi connectivity index (χ4n) is 3.99. The lowest BCUT2D eigenvalue weighted by Crippen LogP contribution is -2.33. The summed E-state index contributed by atoms with van der Waals surface area (Å²) < 4.78 is 6.61. The summed E-state index contributed by atoms with van der Waals surface area (Å²) in [5.74, 6) is -0.341. The lowest BCUT2D eigenvalue weighted by molar-refractivity contribution is -0.121. The van der Waals surface area contributed by atoms with Crippen LogP contribution in [0, 0.1) is 6.92 Å². The van der Waals surface area contributed by atoms with Crippen molar-refractivity contribution in [2.75, 3.05) is 36.3 Å². The normalized spacial score (nSPS) is 15.6. The van der Waals surface area contributed by atoms with Crippen LogP contribution in [0.3, 0.4) is 0 Å². The molecular formula is C23H30N4O4. The zero-order valence-electron chi connectivity index (χ0n) is 19.1. The van der Waals surface area contributed by atoms with E-state index in [-0.39, 0.29) is 23.4 Å². The minimum absolute atomic E-state index is 0.00412. The van der Waals surface area contributed by atoms with Crippen LogP contribution >= 0.6 is 0 Å². The van der Waals surface area contributed by atoms with E-state index in [0.29, 0.717) is 29.1 Å². The van der Waals surface area contributed by atoms with E-state index >= 15 is 0 Å². The summed E-state index contributed by atoms with van der Waals surface area (Å²) in [5.41, 5.74) is 2.92. The number of carbonyl (C=O) groups excluding carboxylic acids is 2. The molecule has 0 bridgehead atoms. The van der Waals surface area contributed by atoms with E-state index < -0.39 is 5.41 Å². The highest BCUT2D eigenvalue weighted by atomic mass is 16.5. The number of benzene rings is 1. The summed E-state index contributed by atoms with van der Waals surface area (Å²) in [6.07, 6.45) is 1.51. The predicted octanol–water partition coefficient (Wildman–Crippen LogP) is 2.65. The number of methoxy groups -OCH3 is 1. The number of fused-ring (bicyclic) bond motifs is 1. The molecule has 166 valence electrons. The number of amides is 2. The Morgan fingerprint density at radius 3 is 2.45 bits per heavy atom. The van der Waals surface area contributed by atoms with Crippen LogP contribution in [0.25, 0.3) is 0 Å². The molecule has 1 aliphatic rings. The molecule has 1 aromatic carbocycles. The molecular weight excluding hydrogens is 396 g/mol. The molecule has 0 fully saturated rings. The molecule has 2 heterocycles. The van der Waals surface area contributed by atoms with Crippen LogP contribution in [0.2, 0.25) is 0 Å². The summed E-state index contributed by atoms with van der Waals surface area (Å²) in [6.45, 7) is 7.88. The van der Waals surface area contributed by atoms with Gasteiger partial charge in [-0.2, -0.15) is 0 Å². The number of rotatable bonds is 6. The maximum Gasteiger partial charge on any atom is 0.257 e. The van der Waals surface area contributed by atoms with Gasteiger partial charge in [-0.25, -0.2) is 0 Å². The van der Waals surface area contributed by atoms with Gasteiger partial charge in [-0.05, 0) is 51.5 Å². The maximum absolute atomic E-state index is 13.0. The zero-order chi connectivity index (χ0) is 23.1. The molecule has 31 heavy (non-hydrogen) atoms. The Morgan fingerprint density at radius 2 is 1.84 bits per heavy atom. The van der Waals surface area contributed by atoms with E-state index in [1.807, 2.05) is 32.9 Å². The van der Waals surface area contributed by atoms with E-state index in [0.717, 1.165) is 11.3 Å². The number of hydrogen-bond donors (Lipinski definition) is 2. The molecule has 0 saturated heterocycles. The summed E-state index contributed by atoms with van der Waals surface area (Å²) in [6, 6.07) is 5.29. The standard InChI is InChI=1S/C23H30N4O4/c1-13-8-15(11-26(5)21(13)29)20(28)25-17-9-16-19(27(6)22(30)23(16,3)4)10-18(17)24-14(2)12-31-7/h8-11,14,24H,12H2,1-7H3,(H,25,28). The summed E-state index contributed by atoms with van der Waals surface area (Å²) >= 11 is 0. The van der Waals surface area contributed by atoms with Crippen molar-refractivity contribution < 1.29 is 14.3 Å². The zero-order valence-corrected chi connectivity index (χ0v) is 19.1. The van der Waals surface area contributed by atoms with Crippen LogP contribution in [0.1, 0.15) is 42.3 Å². The number of hydrogen-bond acceptors (Lipinski definition) is 5. The van der Waals surface area contributed by atoms with Gasteiger partial charge in [-0.15, -0.1) is 0 Å². The number of ether oxygens (including phenoxy) is 1.